The molecule has 7 heteroatoms. The number of rotatable bonds is 6. The van der Waals surface area contributed by atoms with Crippen molar-refractivity contribution in [1.29, 1.82) is 0 Å². The van der Waals surface area contributed by atoms with E-state index in [2.05, 4.69) is 235 Å². The fourth-order valence-corrected chi connectivity index (χ4v) is 13.0. The van der Waals surface area contributed by atoms with Crippen LogP contribution in [-0.4, -0.2) is 11.3 Å². The number of anilines is 6. The molecule has 0 N–H and O–H groups in total. The Kier molecular flexibility index (Phi) is 9.12. The molecule has 0 radical (unpaired) electrons. The lowest BCUT2D eigenvalue weighted by atomic mass is 9.45. The van der Waals surface area contributed by atoms with Crippen molar-refractivity contribution in [3.63, 3.8) is 0 Å². The van der Waals surface area contributed by atoms with Gasteiger partial charge in [-0.25, -0.2) is 0 Å². The van der Waals surface area contributed by atoms with E-state index in [9.17, 15) is 0 Å². The molecule has 346 valence electrons. The third-order valence-electron chi connectivity index (χ3n) is 15.1. The zero-order chi connectivity index (χ0) is 48.5. The van der Waals surface area contributed by atoms with Gasteiger partial charge in [0.15, 0.2) is 23.0 Å². The lowest BCUT2D eigenvalue weighted by Gasteiger charge is -2.42. The molecule has 0 amide bonds. The van der Waals surface area contributed by atoms with Crippen LogP contribution < -0.4 is 30.2 Å². The lowest BCUT2D eigenvalue weighted by Crippen LogP contribution is -2.56. The zero-order valence-electron chi connectivity index (χ0n) is 40.5. The molecular weight excluding hydrogens is 910 g/mol. The normalized spacial score (nSPS) is 13.0. The second-order valence-corrected chi connectivity index (χ2v) is 21.5. The third-order valence-corrected chi connectivity index (χ3v) is 16.3. The summed E-state index contributed by atoms with van der Waals surface area (Å²) in [5, 5.41) is 2.48. The average Bonchev–Trinajstić information content (AvgIpc) is 3.97. The Bertz CT molecular complexity index is 4160. The standard InChI is InChI=1S/C66H46BN3O2S/c1-66(2,3)44-32-33-54(49(36-44)42-22-10-5-11-23-42)69-55-40-60-59(71-57-29-17-18-30-58(57)72-60)39-53(55)67-62-50(34-43(35-56(62)69)41-20-8-4-9-21-41)51-37-47(68(45-24-12-6-13-25-45)46-26-14-7-15-27-46)38-52-63(51)70(67)64-48-28-16-19-31-61(48)73-65(52)64/h4-40H,1-3H3. The van der Waals surface area contributed by atoms with Crippen LogP contribution >= 0.6 is 11.3 Å². The van der Waals surface area contributed by atoms with Crippen LogP contribution in [0.4, 0.5) is 34.1 Å². The van der Waals surface area contributed by atoms with Crippen molar-refractivity contribution in [1.82, 2.24) is 4.48 Å². The molecule has 0 fully saturated rings. The highest BCUT2D eigenvalue weighted by Gasteiger charge is 2.45. The summed E-state index contributed by atoms with van der Waals surface area (Å²) in [5.74, 6) is 2.79. The molecule has 0 spiro atoms. The average molecular weight is 956 g/mol. The fourth-order valence-electron chi connectivity index (χ4n) is 11.8. The van der Waals surface area contributed by atoms with E-state index in [4.69, 9.17) is 9.47 Å². The molecule has 5 nitrogen and oxygen atoms in total. The minimum Gasteiger partial charge on any atom is -0.450 e. The number of para-hydroxylation sites is 4. The van der Waals surface area contributed by atoms with E-state index in [1.54, 1.807) is 0 Å². The fraction of sp³-hybridized carbons (Fsp3) is 0.0606. The summed E-state index contributed by atoms with van der Waals surface area (Å²) in [6.45, 7) is 6.66. The molecule has 0 atom stereocenters. The molecule has 0 aliphatic carbocycles. The predicted molar refractivity (Wildman–Crippen MR) is 306 cm³/mol. The Hall–Kier alpha value is -8.78. The van der Waals surface area contributed by atoms with Crippen LogP contribution in [0.2, 0.25) is 0 Å². The Morgan fingerprint density at radius 3 is 1.74 bits per heavy atom. The van der Waals surface area contributed by atoms with Crippen molar-refractivity contribution in [3.05, 3.63) is 230 Å². The molecule has 3 aliphatic rings. The first kappa shape index (κ1) is 42.0. The highest BCUT2D eigenvalue weighted by atomic mass is 32.1. The van der Waals surface area contributed by atoms with Gasteiger partial charge in [-0.05, 0) is 129 Å². The topological polar surface area (TPSA) is 29.9 Å². The van der Waals surface area contributed by atoms with Crippen LogP contribution in [0.1, 0.15) is 26.3 Å². The molecule has 73 heavy (non-hydrogen) atoms. The van der Waals surface area contributed by atoms with E-state index in [-0.39, 0.29) is 12.3 Å². The van der Waals surface area contributed by atoms with Crippen molar-refractivity contribution < 1.29 is 9.47 Å². The second-order valence-electron chi connectivity index (χ2n) is 20.5. The summed E-state index contributed by atoms with van der Waals surface area (Å²) < 4.78 is 19.0. The van der Waals surface area contributed by atoms with Crippen LogP contribution in [-0.2, 0) is 5.41 Å². The number of ether oxygens (including phenoxy) is 2. The van der Waals surface area contributed by atoms with Gasteiger partial charge in [-0.15, -0.1) is 11.3 Å². The Morgan fingerprint density at radius 1 is 0.438 bits per heavy atom. The van der Waals surface area contributed by atoms with Gasteiger partial charge in [0.05, 0.1) is 15.9 Å². The number of aromatic nitrogens is 1. The predicted octanol–water partition coefficient (Wildman–Crippen LogP) is 17.4. The molecule has 2 aromatic heterocycles. The monoisotopic (exact) mass is 955 g/mol. The molecule has 10 aromatic carbocycles. The first-order valence-electron chi connectivity index (χ1n) is 25.1. The number of thiophene rings is 1. The van der Waals surface area contributed by atoms with Gasteiger partial charge in [-0.2, -0.15) is 0 Å². The summed E-state index contributed by atoms with van der Waals surface area (Å²) in [4.78, 5) is 4.95. The van der Waals surface area contributed by atoms with Crippen LogP contribution in [0.25, 0.3) is 64.6 Å². The molecule has 0 unspecified atom stereocenters. The zero-order valence-corrected chi connectivity index (χ0v) is 41.3. The largest absolute Gasteiger partial charge is 0.450 e. The summed E-state index contributed by atoms with van der Waals surface area (Å²) in [6.07, 6.45) is 0. The molecule has 3 aliphatic heterocycles. The third kappa shape index (κ3) is 6.41. The molecular formula is C66H46BN3O2S. The van der Waals surface area contributed by atoms with Gasteiger partial charge >= 0.3 is 6.85 Å². The number of hydrogen-bond donors (Lipinski definition) is 0. The highest BCUT2D eigenvalue weighted by molar-refractivity contribution is 7.27. The van der Waals surface area contributed by atoms with Crippen LogP contribution in [0.3, 0.4) is 0 Å². The Labute approximate surface area is 428 Å². The summed E-state index contributed by atoms with van der Waals surface area (Å²) >= 11 is 1.89. The van der Waals surface area contributed by atoms with Gasteiger partial charge in [-0.1, -0.05) is 154 Å². The van der Waals surface area contributed by atoms with Crippen LogP contribution in [0.5, 0.6) is 23.0 Å². The number of hydrogen-bond acceptors (Lipinski definition) is 5. The van der Waals surface area contributed by atoms with Gasteiger partial charge in [-0.3, -0.25) is 0 Å². The van der Waals surface area contributed by atoms with E-state index in [1.807, 2.05) is 35.6 Å². The van der Waals surface area contributed by atoms with Crippen LogP contribution in [0, 0.1) is 0 Å². The smallest absolute Gasteiger partial charge is 0.333 e. The number of fused-ring (bicyclic) bond motifs is 11. The molecule has 15 rings (SSSR count). The SMILES string of the molecule is CC(C)(C)c1ccc(N2c3cc4c(cc3B3c5c(cc(-c6ccccc6)cc52)-c2cc(N(c5ccccc5)c5ccccc5)cc5c6sc7ccccc7c6n3c25)Oc2ccccc2O4)c(-c2ccccc2)c1. The molecule has 0 bridgehead atoms. The van der Waals surface area contributed by atoms with Gasteiger partial charge in [0, 0.05) is 66.6 Å². The maximum Gasteiger partial charge on any atom is 0.333 e. The van der Waals surface area contributed by atoms with E-state index in [0.717, 1.165) is 61.8 Å². The van der Waals surface area contributed by atoms with Crippen molar-refractivity contribution in [3.8, 4) is 56.4 Å². The van der Waals surface area contributed by atoms with Gasteiger partial charge < -0.3 is 23.8 Å². The maximum absolute atomic E-state index is 6.87. The van der Waals surface area contributed by atoms with Crippen LogP contribution in [0.15, 0.2) is 224 Å². The van der Waals surface area contributed by atoms with Crippen molar-refractivity contribution in [2.24, 2.45) is 0 Å². The van der Waals surface area contributed by atoms with Crippen molar-refractivity contribution in [2.45, 2.75) is 26.2 Å². The summed E-state index contributed by atoms with van der Waals surface area (Å²) in [5.41, 5.74) is 19.6. The molecule has 12 aromatic rings. The van der Waals surface area contributed by atoms with Gasteiger partial charge in [0.1, 0.15) is 0 Å². The van der Waals surface area contributed by atoms with E-state index in [1.165, 1.54) is 53.4 Å². The lowest BCUT2D eigenvalue weighted by molar-refractivity contribution is 0.360. The highest BCUT2D eigenvalue weighted by Crippen LogP contribution is 2.55. The van der Waals surface area contributed by atoms with E-state index < -0.39 is 0 Å². The quantitative estimate of drug-likeness (QED) is 0.155. The summed E-state index contributed by atoms with van der Waals surface area (Å²) in [7, 11) is 0. The van der Waals surface area contributed by atoms with E-state index >= 15 is 0 Å². The Balaban J connectivity index is 1.11. The second kappa shape index (κ2) is 15.9. The van der Waals surface area contributed by atoms with Gasteiger partial charge in [0.25, 0.3) is 0 Å². The van der Waals surface area contributed by atoms with Crippen molar-refractivity contribution in [2.75, 3.05) is 9.80 Å². The first-order chi connectivity index (χ1) is 35.8. The maximum atomic E-state index is 6.87. The molecule has 0 saturated heterocycles. The van der Waals surface area contributed by atoms with Crippen molar-refractivity contribution >= 4 is 94.4 Å². The Morgan fingerprint density at radius 2 is 1.05 bits per heavy atom. The first-order valence-corrected chi connectivity index (χ1v) is 25.9. The minimum absolute atomic E-state index is 0.0831. The van der Waals surface area contributed by atoms with E-state index in [0.29, 0.717) is 23.0 Å². The molecule has 0 saturated carbocycles. The van der Waals surface area contributed by atoms with Gasteiger partial charge in [0.2, 0.25) is 0 Å². The minimum atomic E-state index is -0.239. The number of nitrogens with zero attached hydrogens (tertiary/aromatic N) is 3. The molecule has 5 heterocycles. The summed E-state index contributed by atoms with van der Waals surface area (Å²) in [6, 6.07) is 81.7. The number of benzene rings is 10.